The molecule has 0 atom stereocenters. The highest BCUT2D eigenvalue weighted by Crippen LogP contribution is 2.50. The lowest BCUT2D eigenvalue weighted by molar-refractivity contribution is -0.118. The minimum absolute atomic E-state index is 0.268. The van der Waals surface area contributed by atoms with E-state index in [1.54, 1.807) is 30.3 Å². The first-order valence-electron chi connectivity index (χ1n) is 7.50. The van der Waals surface area contributed by atoms with Crippen molar-refractivity contribution in [3.8, 4) is 11.5 Å². The van der Waals surface area contributed by atoms with Crippen LogP contribution in [0.5, 0.6) is 11.5 Å². The van der Waals surface area contributed by atoms with Crippen molar-refractivity contribution in [2.45, 2.75) is 18.3 Å². The number of amides is 1. The summed E-state index contributed by atoms with van der Waals surface area (Å²) in [5.74, 6) is 0.197. The minimum Gasteiger partial charge on any atom is -0.495 e. The predicted molar refractivity (Wildman–Crippen MR) is 90.5 cm³/mol. The van der Waals surface area contributed by atoms with E-state index in [2.05, 4.69) is 5.32 Å². The Morgan fingerprint density at radius 2 is 1.83 bits per heavy atom. The highest BCUT2D eigenvalue weighted by Gasteiger charge is 2.52. The molecule has 24 heavy (non-hydrogen) atoms. The maximum atomic E-state index is 14.1. The van der Waals surface area contributed by atoms with E-state index in [0.717, 1.165) is 0 Å². The second kappa shape index (κ2) is 6.32. The molecule has 1 aliphatic rings. The van der Waals surface area contributed by atoms with Crippen molar-refractivity contribution in [3.63, 3.8) is 0 Å². The van der Waals surface area contributed by atoms with Crippen molar-refractivity contribution in [3.05, 3.63) is 52.8 Å². The SMILES string of the molecule is COc1cc(NC(=O)C2(c3ccccc3F)CC2)c(OC)cc1Cl. The van der Waals surface area contributed by atoms with Crippen LogP contribution in [0.15, 0.2) is 36.4 Å². The van der Waals surface area contributed by atoms with Gasteiger partial charge in [-0.05, 0) is 18.9 Å². The molecule has 0 aliphatic heterocycles. The molecule has 1 amide bonds. The van der Waals surface area contributed by atoms with Crippen molar-refractivity contribution < 1.29 is 18.7 Å². The van der Waals surface area contributed by atoms with Crippen LogP contribution in [0.25, 0.3) is 0 Å². The first-order chi connectivity index (χ1) is 11.5. The van der Waals surface area contributed by atoms with E-state index in [0.29, 0.717) is 40.6 Å². The quantitative estimate of drug-likeness (QED) is 0.881. The van der Waals surface area contributed by atoms with Gasteiger partial charge in [-0.25, -0.2) is 4.39 Å². The highest BCUT2D eigenvalue weighted by molar-refractivity contribution is 6.32. The van der Waals surface area contributed by atoms with E-state index in [-0.39, 0.29) is 11.7 Å². The Morgan fingerprint density at radius 3 is 2.42 bits per heavy atom. The van der Waals surface area contributed by atoms with Gasteiger partial charge in [0.15, 0.2) is 0 Å². The molecule has 2 aromatic rings. The molecule has 3 rings (SSSR count). The van der Waals surface area contributed by atoms with E-state index >= 15 is 0 Å². The molecule has 1 fully saturated rings. The molecule has 1 saturated carbocycles. The summed E-state index contributed by atoms with van der Waals surface area (Å²) in [6.07, 6.45) is 1.21. The molecular formula is C18H17ClFNO3. The number of methoxy groups -OCH3 is 2. The lowest BCUT2D eigenvalue weighted by Gasteiger charge is -2.18. The Hall–Kier alpha value is -2.27. The fraction of sp³-hybridized carbons (Fsp3) is 0.278. The van der Waals surface area contributed by atoms with Gasteiger partial charge >= 0.3 is 0 Å². The number of carbonyl (C=O) groups is 1. The summed E-state index contributed by atoms with van der Waals surface area (Å²) >= 11 is 6.07. The molecule has 0 bridgehead atoms. The van der Waals surface area contributed by atoms with Gasteiger partial charge in [0.1, 0.15) is 17.3 Å². The normalized spacial score (nSPS) is 14.8. The van der Waals surface area contributed by atoms with Crippen LogP contribution in [0.2, 0.25) is 5.02 Å². The van der Waals surface area contributed by atoms with Crippen LogP contribution in [-0.4, -0.2) is 20.1 Å². The Morgan fingerprint density at radius 1 is 1.17 bits per heavy atom. The van der Waals surface area contributed by atoms with Crippen LogP contribution in [-0.2, 0) is 10.2 Å². The Kier molecular flexibility index (Phi) is 4.37. The lowest BCUT2D eigenvalue weighted by atomic mass is 9.94. The van der Waals surface area contributed by atoms with Gasteiger partial charge in [-0.2, -0.15) is 0 Å². The number of halogens is 2. The molecular weight excluding hydrogens is 333 g/mol. The van der Waals surface area contributed by atoms with Crippen molar-refractivity contribution >= 4 is 23.2 Å². The van der Waals surface area contributed by atoms with Gasteiger partial charge < -0.3 is 14.8 Å². The average Bonchev–Trinajstić information content (AvgIpc) is 3.38. The summed E-state index contributed by atoms with van der Waals surface area (Å²) < 4.78 is 24.5. The summed E-state index contributed by atoms with van der Waals surface area (Å²) in [5, 5.41) is 3.20. The molecule has 1 N–H and O–H groups in total. The van der Waals surface area contributed by atoms with E-state index in [1.165, 1.54) is 20.3 Å². The Bertz CT molecular complexity index is 790. The van der Waals surface area contributed by atoms with E-state index in [4.69, 9.17) is 21.1 Å². The molecule has 6 heteroatoms. The third kappa shape index (κ3) is 2.80. The maximum absolute atomic E-state index is 14.1. The third-order valence-corrected chi connectivity index (χ3v) is 4.59. The Balaban J connectivity index is 1.92. The molecule has 0 heterocycles. The standard InChI is InChI=1S/C18H17ClFNO3/c1-23-15-10-14(16(24-2)9-12(15)19)21-17(22)18(7-8-18)11-5-3-4-6-13(11)20/h3-6,9-10H,7-8H2,1-2H3,(H,21,22). The smallest absolute Gasteiger partial charge is 0.235 e. The molecule has 126 valence electrons. The number of hydrogen-bond acceptors (Lipinski definition) is 3. The number of benzene rings is 2. The molecule has 4 nitrogen and oxygen atoms in total. The number of nitrogens with one attached hydrogen (secondary N) is 1. The van der Waals surface area contributed by atoms with Gasteiger partial charge in [0.25, 0.3) is 0 Å². The third-order valence-electron chi connectivity index (χ3n) is 4.30. The number of anilines is 1. The van der Waals surface area contributed by atoms with Gasteiger partial charge in [-0.1, -0.05) is 29.8 Å². The van der Waals surface area contributed by atoms with Crippen molar-refractivity contribution in [1.29, 1.82) is 0 Å². The summed E-state index contributed by atoms with van der Waals surface area (Å²) in [4.78, 5) is 12.8. The Labute approximate surface area is 144 Å². The lowest BCUT2D eigenvalue weighted by Crippen LogP contribution is -2.28. The van der Waals surface area contributed by atoms with Crippen LogP contribution in [0.4, 0.5) is 10.1 Å². The fourth-order valence-corrected chi connectivity index (χ4v) is 3.02. The predicted octanol–water partition coefficient (Wildman–Crippen LogP) is 4.17. The summed E-state index contributed by atoms with van der Waals surface area (Å²) in [6, 6.07) is 9.53. The summed E-state index contributed by atoms with van der Waals surface area (Å²) in [5.41, 5.74) is 0.0252. The topological polar surface area (TPSA) is 47.6 Å². The van der Waals surface area contributed by atoms with Crippen LogP contribution >= 0.6 is 11.6 Å². The largest absolute Gasteiger partial charge is 0.495 e. The van der Waals surface area contributed by atoms with Crippen LogP contribution in [0.3, 0.4) is 0 Å². The summed E-state index contributed by atoms with van der Waals surface area (Å²) in [6.45, 7) is 0. The minimum atomic E-state index is -0.830. The van der Waals surface area contributed by atoms with Crippen LogP contribution in [0, 0.1) is 5.82 Å². The van der Waals surface area contributed by atoms with Gasteiger partial charge in [0.2, 0.25) is 5.91 Å². The maximum Gasteiger partial charge on any atom is 0.235 e. The molecule has 0 radical (unpaired) electrons. The van der Waals surface area contributed by atoms with Gasteiger partial charge in [-0.3, -0.25) is 4.79 Å². The highest BCUT2D eigenvalue weighted by atomic mass is 35.5. The molecule has 0 saturated heterocycles. The van der Waals surface area contributed by atoms with E-state index in [9.17, 15) is 9.18 Å². The van der Waals surface area contributed by atoms with Crippen molar-refractivity contribution in [2.24, 2.45) is 0 Å². The first kappa shape index (κ1) is 16.6. The first-order valence-corrected chi connectivity index (χ1v) is 7.87. The molecule has 2 aromatic carbocycles. The number of carbonyl (C=O) groups excluding carboxylic acids is 1. The zero-order valence-corrected chi connectivity index (χ0v) is 14.1. The fourth-order valence-electron chi connectivity index (χ4n) is 2.79. The molecule has 0 spiro atoms. The van der Waals surface area contributed by atoms with Gasteiger partial charge in [0, 0.05) is 17.7 Å². The monoisotopic (exact) mass is 349 g/mol. The second-order valence-corrected chi connectivity index (χ2v) is 6.11. The van der Waals surface area contributed by atoms with Gasteiger partial charge in [0.05, 0.1) is 30.3 Å². The zero-order valence-electron chi connectivity index (χ0n) is 13.4. The number of rotatable bonds is 5. The van der Waals surface area contributed by atoms with E-state index < -0.39 is 5.41 Å². The average molecular weight is 350 g/mol. The zero-order chi connectivity index (χ0) is 17.3. The number of ether oxygens (including phenoxy) is 2. The van der Waals surface area contributed by atoms with E-state index in [1.807, 2.05) is 0 Å². The summed E-state index contributed by atoms with van der Waals surface area (Å²) in [7, 11) is 2.97. The van der Waals surface area contributed by atoms with Gasteiger partial charge in [-0.15, -0.1) is 0 Å². The van der Waals surface area contributed by atoms with Crippen LogP contribution < -0.4 is 14.8 Å². The van der Waals surface area contributed by atoms with Crippen molar-refractivity contribution in [1.82, 2.24) is 0 Å². The molecule has 0 aromatic heterocycles. The van der Waals surface area contributed by atoms with Crippen LogP contribution in [0.1, 0.15) is 18.4 Å². The molecule has 0 unspecified atom stereocenters. The second-order valence-electron chi connectivity index (χ2n) is 5.70. The van der Waals surface area contributed by atoms with Crippen molar-refractivity contribution in [2.75, 3.05) is 19.5 Å². The molecule has 1 aliphatic carbocycles. The number of hydrogen-bond donors (Lipinski definition) is 1.